The highest BCUT2D eigenvalue weighted by Gasteiger charge is 2.51. The van der Waals surface area contributed by atoms with Gasteiger partial charge < -0.3 is 4.90 Å². The minimum atomic E-state index is -0.502. The van der Waals surface area contributed by atoms with E-state index in [4.69, 9.17) is 0 Å². The van der Waals surface area contributed by atoms with Crippen molar-refractivity contribution < 1.29 is 14.4 Å². The molecule has 1 heterocycles. The lowest BCUT2D eigenvalue weighted by atomic mass is 9.73. The van der Waals surface area contributed by atoms with Gasteiger partial charge >= 0.3 is 0 Å². The smallest absolute Gasteiger partial charge is 0.242 e. The third-order valence-corrected chi connectivity index (χ3v) is 5.46. The fourth-order valence-corrected chi connectivity index (χ4v) is 3.97. The highest BCUT2D eigenvalue weighted by molar-refractivity contribution is 6.08. The molecule has 1 saturated heterocycles. The lowest BCUT2D eigenvalue weighted by molar-refractivity contribution is -0.148. The third kappa shape index (κ3) is 3.75. The second kappa shape index (κ2) is 7.02. The summed E-state index contributed by atoms with van der Waals surface area (Å²) >= 11 is 0. The zero-order valence-electron chi connectivity index (χ0n) is 14.9. The number of carbonyl (C=O) groups is 3. The fourth-order valence-electron chi connectivity index (χ4n) is 3.97. The van der Waals surface area contributed by atoms with Crippen LogP contribution in [0.1, 0.15) is 65.7 Å². The van der Waals surface area contributed by atoms with E-state index < -0.39 is 5.41 Å². The van der Waals surface area contributed by atoms with Crippen LogP contribution in [0.5, 0.6) is 0 Å². The Morgan fingerprint density at radius 3 is 2.35 bits per heavy atom. The number of imide groups is 1. The normalized spacial score (nSPS) is 22.0. The molecule has 0 aromatic heterocycles. The van der Waals surface area contributed by atoms with Crippen LogP contribution in [-0.2, 0) is 14.4 Å². The number of rotatable bonds is 5. The Morgan fingerprint density at radius 1 is 1.17 bits per heavy atom. The predicted molar refractivity (Wildman–Crippen MR) is 88.5 cm³/mol. The van der Waals surface area contributed by atoms with E-state index in [1.54, 1.807) is 11.9 Å². The number of nitrogens with zero attached hydrogens (tertiary/aromatic N) is 2. The largest absolute Gasteiger partial charge is 0.341 e. The summed E-state index contributed by atoms with van der Waals surface area (Å²) in [6, 6.07) is 0.110. The van der Waals surface area contributed by atoms with Gasteiger partial charge in [-0.15, -0.1) is 0 Å². The van der Waals surface area contributed by atoms with Gasteiger partial charge in [0.15, 0.2) is 0 Å². The average Bonchev–Trinajstić information content (AvgIpc) is 2.70. The van der Waals surface area contributed by atoms with E-state index in [0.29, 0.717) is 12.3 Å². The van der Waals surface area contributed by atoms with Crippen LogP contribution >= 0.6 is 0 Å². The molecule has 2 rings (SSSR count). The minimum absolute atomic E-state index is 0.0989. The summed E-state index contributed by atoms with van der Waals surface area (Å²) in [6.45, 7) is 6.15. The predicted octanol–water partition coefficient (Wildman–Crippen LogP) is 2.59. The fraction of sp³-hybridized carbons (Fsp3) is 0.833. The average molecular weight is 322 g/mol. The molecule has 23 heavy (non-hydrogen) atoms. The molecule has 1 spiro atoms. The van der Waals surface area contributed by atoms with Crippen molar-refractivity contribution in [2.75, 3.05) is 13.6 Å². The molecule has 1 aliphatic carbocycles. The summed E-state index contributed by atoms with van der Waals surface area (Å²) in [4.78, 5) is 40.4. The molecule has 1 saturated carbocycles. The number of carbonyl (C=O) groups excluding carboxylic acids is 3. The maximum Gasteiger partial charge on any atom is 0.242 e. The number of hydrogen-bond acceptors (Lipinski definition) is 3. The van der Waals surface area contributed by atoms with Crippen molar-refractivity contribution in [3.05, 3.63) is 0 Å². The van der Waals surface area contributed by atoms with E-state index in [1.807, 2.05) is 6.92 Å². The van der Waals surface area contributed by atoms with Crippen LogP contribution in [0.25, 0.3) is 0 Å². The van der Waals surface area contributed by atoms with Gasteiger partial charge in [0, 0.05) is 19.5 Å². The van der Waals surface area contributed by atoms with Crippen molar-refractivity contribution in [3.63, 3.8) is 0 Å². The molecule has 1 aliphatic heterocycles. The molecule has 5 nitrogen and oxygen atoms in total. The van der Waals surface area contributed by atoms with Gasteiger partial charge in [0.25, 0.3) is 0 Å². The summed E-state index contributed by atoms with van der Waals surface area (Å²) < 4.78 is 0. The lowest BCUT2D eigenvalue weighted by Gasteiger charge is -2.31. The van der Waals surface area contributed by atoms with Crippen LogP contribution in [0.3, 0.4) is 0 Å². The molecular formula is C18H30N2O3. The third-order valence-electron chi connectivity index (χ3n) is 5.46. The first-order valence-electron chi connectivity index (χ1n) is 8.87. The second-order valence-electron chi connectivity index (χ2n) is 7.79. The maximum atomic E-state index is 12.7. The summed E-state index contributed by atoms with van der Waals surface area (Å²) in [5.41, 5.74) is -0.502. The topological polar surface area (TPSA) is 57.7 Å². The molecule has 2 aliphatic rings. The number of amides is 3. The van der Waals surface area contributed by atoms with E-state index in [2.05, 4.69) is 13.8 Å². The van der Waals surface area contributed by atoms with Crippen LogP contribution in [-0.4, -0.2) is 47.2 Å². The van der Waals surface area contributed by atoms with Gasteiger partial charge in [0.05, 0.1) is 5.41 Å². The molecule has 0 unspecified atom stereocenters. The van der Waals surface area contributed by atoms with E-state index >= 15 is 0 Å². The highest BCUT2D eigenvalue weighted by atomic mass is 16.2. The summed E-state index contributed by atoms with van der Waals surface area (Å²) in [5.74, 6) is 0.0733. The molecule has 2 fully saturated rings. The van der Waals surface area contributed by atoms with Gasteiger partial charge in [-0.3, -0.25) is 19.3 Å². The zero-order chi connectivity index (χ0) is 17.2. The van der Waals surface area contributed by atoms with E-state index in [0.717, 1.165) is 38.5 Å². The molecule has 5 heteroatoms. The number of likely N-dealkylation sites (tertiary alicyclic amines) is 1. The van der Waals surface area contributed by atoms with Crippen LogP contribution in [0.4, 0.5) is 0 Å². The second-order valence-corrected chi connectivity index (χ2v) is 7.79. The van der Waals surface area contributed by atoms with Crippen LogP contribution in [0.15, 0.2) is 0 Å². The van der Waals surface area contributed by atoms with Gasteiger partial charge in [-0.25, -0.2) is 0 Å². The van der Waals surface area contributed by atoms with Crippen molar-refractivity contribution in [2.24, 2.45) is 11.3 Å². The number of hydrogen-bond donors (Lipinski definition) is 0. The first-order chi connectivity index (χ1) is 10.8. The molecule has 0 radical (unpaired) electrons. The van der Waals surface area contributed by atoms with Gasteiger partial charge in [-0.2, -0.15) is 0 Å². The van der Waals surface area contributed by atoms with E-state index in [1.165, 1.54) is 4.90 Å². The quantitative estimate of drug-likeness (QED) is 0.731. The van der Waals surface area contributed by atoms with Crippen molar-refractivity contribution in [1.82, 2.24) is 9.80 Å². The van der Waals surface area contributed by atoms with Crippen molar-refractivity contribution in [3.8, 4) is 0 Å². The number of likely N-dealkylation sites (N-methyl/N-ethyl adjacent to an activating group) is 1. The van der Waals surface area contributed by atoms with Crippen molar-refractivity contribution in [2.45, 2.75) is 71.8 Å². The molecule has 0 aromatic carbocycles. The van der Waals surface area contributed by atoms with Gasteiger partial charge in [-0.1, -0.05) is 33.1 Å². The maximum absolute atomic E-state index is 12.7. The minimum Gasteiger partial charge on any atom is -0.341 e. The summed E-state index contributed by atoms with van der Waals surface area (Å²) in [6.07, 6.45) is 5.94. The Kier molecular flexibility index (Phi) is 5.48. The Hall–Kier alpha value is -1.39. The summed E-state index contributed by atoms with van der Waals surface area (Å²) in [5, 5.41) is 0. The molecular weight excluding hydrogens is 292 g/mol. The molecule has 130 valence electrons. The van der Waals surface area contributed by atoms with Crippen LogP contribution in [0, 0.1) is 11.3 Å². The van der Waals surface area contributed by atoms with E-state index in [-0.39, 0.29) is 30.3 Å². The molecule has 0 N–H and O–H groups in total. The molecule has 0 aromatic rings. The van der Waals surface area contributed by atoms with Crippen LogP contribution in [0.2, 0.25) is 0 Å². The molecule has 0 bridgehead atoms. The lowest BCUT2D eigenvalue weighted by Crippen LogP contribution is -2.46. The Balaban J connectivity index is 2.00. The standard InChI is InChI=1S/C18H30N2O3/c1-13(2)10-14(3)19(4)16(22)12-20-15(21)11-18(17(20)23)8-6-5-7-9-18/h13-14H,5-12H2,1-4H3/t14-/m1/s1. The molecule has 3 amide bonds. The Morgan fingerprint density at radius 2 is 1.78 bits per heavy atom. The van der Waals surface area contributed by atoms with Gasteiger partial charge in [0.2, 0.25) is 17.7 Å². The van der Waals surface area contributed by atoms with Crippen molar-refractivity contribution >= 4 is 17.7 Å². The Labute approximate surface area is 139 Å². The monoisotopic (exact) mass is 322 g/mol. The van der Waals surface area contributed by atoms with E-state index in [9.17, 15) is 14.4 Å². The summed E-state index contributed by atoms with van der Waals surface area (Å²) in [7, 11) is 1.76. The van der Waals surface area contributed by atoms with Crippen molar-refractivity contribution in [1.29, 1.82) is 0 Å². The van der Waals surface area contributed by atoms with Gasteiger partial charge in [0.1, 0.15) is 6.54 Å². The Bertz CT molecular complexity index is 481. The first kappa shape index (κ1) is 18.0. The SMILES string of the molecule is CC(C)C[C@@H](C)N(C)C(=O)CN1C(=O)CC2(CCCCC2)C1=O. The van der Waals surface area contributed by atoms with Gasteiger partial charge in [-0.05, 0) is 32.1 Å². The zero-order valence-corrected chi connectivity index (χ0v) is 14.9. The molecule has 1 atom stereocenters. The first-order valence-corrected chi connectivity index (χ1v) is 8.87. The highest BCUT2D eigenvalue weighted by Crippen LogP contribution is 2.45. The van der Waals surface area contributed by atoms with Crippen LogP contribution < -0.4 is 0 Å².